The molecule has 0 bridgehead atoms. The normalized spacial score (nSPS) is 11.8. The molecule has 8 nitrogen and oxygen atoms in total. The van der Waals surface area contributed by atoms with Crippen LogP contribution in [0.15, 0.2) is 18.2 Å². The first-order valence-corrected chi connectivity index (χ1v) is 7.07. The van der Waals surface area contributed by atoms with Gasteiger partial charge in [0, 0.05) is 12.1 Å². The molecule has 23 heavy (non-hydrogen) atoms. The van der Waals surface area contributed by atoms with Gasteiger partial charge in [0.05, 0.1) is 0 Å². The molecule has 0 aliphatic heterocycles. The molecule has 0 unspecified atom stereocenters. The molecule has 122 valence electrons. The summed E-state index contributed by atoms with van der Waals surface area (Å²) in [5.74, 6) is -0.614. The number of aryl methyl sites for hydroxylation is 1. The third-order valence-electron chi connectivity index (χ3n) is 3.14. The average Bonchev–Trinajstić information content (AvgIpc) is 2.99. The number of hydrogen-bond donors (Lipinski definition) is 2. The SMILES string of the molecule is CCNC(=O)NC(=O)[C@H](C)n1nnc(-c2ccc(F)c(C)c2)n1. The van der Waals surface area contributed by atoms with E-state index in [4.69, 9.17) is 0 Å². The minimum atomic E-state index is -0.819. The average molecular weight is 320 g/mol. The number of aromatic nitrogens is 4. The highest BCUT2D eigenvalue weighted by molar-refractivity contribution is 5.95. The van der Waals surface area contributed by atoms with E-state index in [-0.39, 0.29) is 11.6 Å². The van der Waals surface area contributed by atoms with Crippen LogP contribution in [-0.2, 0) is 4.79 Å². The maximum absolute atomic E-state index is 13.3. The molecule has 2 rings (SSSR count). The van der Waals surface area contributed by atoms with E-state index in [2.05, 4.69) is 26.0 Å². The van der Waals surface area contributed by atoms with Crippen LogP contribution in [0.4, 0.5) is 9.18 Å². The molecule has 0 radical (unpaired) electrons. The number of nitrogens with zero attached hydrogens (tertiary/aromatic N) is 4. The highest BCUT2D eigenvalue weighted by Gasteiger charge is 2.20. The van der Waals surface area contributed by atoms with Crippen LogP contribution >= 0.6 is 0 Å². The molecule has 9 heteroatoms. The molecule has 0 spiro atoms. The Hall–Kier alpha value is -2.84. The Bertz CT molecular complexity index is 730. The highest BCUT2D eigenvalue weighted by Crippen LogP contribution is 2.18. The second-order valence-corrected chi connectivity index (χ2v) is 4.92. The number of benzene rings is 1. The first kappa shape index (κ1) is 16.5. The Morgan fingerprint density at radius 1 is 1.39 bits per heavy atom. The highest BCUT2D eigenvalue weighted by atomic mass is 19.1. The Kier molecular flexibility index (Phi) is 4.99. The topological polar surface area (TPSA) is 102 Å². The van der Waals surface area contributed by atoms with Crippen LogP contribution in [0.3, 0.4) is 0 Å². The molecule has 2 N–H and O–H groups in total. The number of rotatable bonds is 4. The lowest BCUT2D eigenvalue weighted by atomic mass is 10.1. The van der Waals surface area contributed by atoms with E-state index in [1.165, 1.54) is 19.1 Å². The van der Waals surface area contributed by atoms with Gasteiger partial charge in [0.15, 0.2) is 0 Å². The first-order valence-electron chi connectivity index (χ1n) is 7.07. The van der Waals surface area contributed by atoms with Crippen molar-refractivity contribution in [2.45, 2.75) is 26.8 Å². The van der Waals surface area contributed by atoms with Crippen LogP contribution in [-0.4, -0.2) is 38.7 Å². The Morgan fingerprint density at radius 3 is 2.78 bits per heavy atom. The fourth-order valence-corrected chi connectivity index (χ4v) is 1.81. The van der Waals surface area contributed by atoms with Crippen LogP contribution in [0.5, 0.6) is 0 Å². The fourth-order valence-electron chi connectivity index (χ4n) is 1.81. The number of tetrazole rings is 1. The van der Waals surface area contributed by atoms with Crippen molar-refractivity contribution in [1.82, 2.24) is 30.8 Å². The third kappa shape index (κ3) is 3.87. The maximum atomic E-state index is 13.3. The minimum absolute atomic E-state index is 0.269. The summed E-state index contributed by atoms with van der Waals surface area (Å²) in [6.07, 6.45) is 0. The van der Waals surface area contributed by atoms with Crippen molar-refractivity contribution in [1.29, 1.82) is 0 Å². The molecule has 1 aromatic heterocycles. The quantitative estimate of drug-likeness (QED) is 0.881. The second-order valence-electron chi connectivity index (χ2n) is 4.92. The maximum Gasteiger partial charge on any atom is 0.321 e. The van der Waals surface area contributed by atoms with E-state index in [0.29, 0.717) is 17.7 Å². The summed E-state index contributed by atoms with van der Waals surface area (Å²) in [7, 11) is 0. The van der Waals surface area contributed by atoms with Crippen LogP contribution < -0.4 is 10.6 Å². The van der Waals surface area contributed by atoms with Crippen LogP contribution in [0, 0.1) is 12.7 Å². The van der Waals surface area contributed by atoms with Gasteiger partial charge < -0.3 is 5.32 Å². The molecular weight excluding hydrogens is 303 g/mol. The van der Waals surface area contributed by atoms with Gasteiger partial charge in [-0.25, -0.2) is 9.18 Å². The smallest absolute Gasteiger partial charge is 0.321 e. The molecular formula is C14H17FN6O2. The van der Waals surface area contributed by atoms with Gasteiger partial charge >= 0.3 is 6.03 Å². The molecule has 2 aromatic rings. The van der Waals surface area contributed by atoms with Crippen molar-refractivity contribution in [2.24, 2.45) is 0 Å². The Morgan fingerprint density at radius 2 is 2.13 bits per heavy atom. The van der Waals surface area contributed by atoms with E-state index in [1.807, 2.05) is 0 Å². The summed E-state index contributed by atoms with van der Waals surface area (Å²) in [5, 5.41) is 16.4. The number of halogens is 1. The van der Waals surface area contributed by atoms with Gasteiger partial charge in [-0.1, -0.05) is 0 Å². The number of urea groups is 1. The van der Waals surface area contributed by atoms with Crippen molar-refractivity contribution in [3.05, 3.63) is 29.6 Å². The predicted molar refractivity (Wildman–Crippen MR) is 79.9 cm³/mol. The monoisotopic (exact) mass is 320 g/mol. The molecule has 0 saturated carbocycles. The summed E-state index contributed by atoms with van der Waals surface area (Å²) >= 11 is 0. The zero-order valence-electron chi connectivity index (χ0n) is 13.0. The Labute approximate surface area is 132 Å². The van der Waals surface area contributed by atoms with E-state index >= 15 is 0 Å². The Balaban J connectivity index is 2.13. The van der Waals surface area contributed by atoms with Gasteiger partial charge in [0.2, 0.25) is 5.82 Å². The van der Waals surface area contributed by atoms with E-state index in [0.717, 1.165) is 4.80 Å². The molecule has 0 saturated heterocycles. The van der Waals surface area contributed by atoms with Gasteiger partial charge in [-0.3, -0.25) is 10.1 Å². The molecule has 0 fully saturated rings. The summed E-state index contributed by atoms with van der Waals surface area (Å²) in [6.45, 7) is 5.31. The molecule has 1 aromatic carbocycles. The van der Waals surface area contributed by atoms with Gasteiger partial charge in [-0.15, -0.1) is 10.2 Å². The lowest BCUT2D eigenvalue weighted by molar-refractivity contribution is -0.123. The van der Waals surface area contributed by atoms with Crippen LogP contribution in [0.1, 0.15) is 25.5 Å². The van der Waals surface area contributed by atoms with E-state index in [9.17, 15) is 14.0 Å². The number of nitrogens with one attached hydrogen (secondary N) is 2. The zero-order valence-corrected chi connectivity index (χ0v) is 13.0. The lowest BCUT2D eigenvalue weighted by Gasteiger charge is -2.09. The standard InChI is InChI=1S/C14H17FN6O2/c1-4-16-14(23)17-13(22)9(3)21-19-12(18-20-21)10-5-6-11(15)8(2)7-10/h5-7,9H,4H2,1-3H3,(H2,16,17,22,23)/t9-/m0/s1. The van der Waals surface area contributed by atoms with E-state index < -0.39 is 18.0 Å². The molecule has 3 amide bonds. The number of amides is 3. The van der Waals surface area contributed by atoms with Gasteiger partial charge in [0.1, 0.15) is 11.9 Å². The van der Waals surface area contributed by atoms with E-state index in [1.54, 1.807) is 19.9 Å². The van der Waals surface area contributed by atoms with Crippen LogP contribution in [0.25, 0.3) is 11.4 Å². The molecule has 0 aliphatic carbocycles. The van der Waals surface area contributed by atoms with Crippen molar-refractivity contribution in [3.8, 4) is 11.4 Å². The van der Waals surface area contributed by atoms with Crippen molar-refractivity contribution in [2.75, 3.05) is 6.54 Å². The summed E-state index contributed by atoms with van der Waals surface area (Å²) in [4.78, 5) is 24.4. The minimum Gasteiger partial charge on any atom is -0.338 e. The number of hydrogen-bond acceptors (Lipinski definition) is 5. The predicted octanol–water partition coefficient (Wildman–Crippen LogP) is 1.19. The van der Waals surface area contributed by atoms with Gasteiger partial charge in [0.25, 0.3) is 5.91 Å². The largest absolute Gasteiger partial charge is 0.338 e. The zero-order chi connectivity index (χ0) is 17.0. The number of imide groups is 1. The van der Waals surface area contributed by atoms with Gasteiger partial charge in [-0.2, -0.15) is 4.80 Å². The summed E-state index contributed by atoms with van der Waals surface area (Å²) in [6, 6.07) is 3.04. The third-order valence-corrected chi connectivity index (χ3v) is 3.14. The summed E-state index contributed by atoms with van der Waals surface area (Å²) in [5.41, 5.74) is 1.05. The molecule has 1 heterocycles. The van der Waals surface area contributed by atoms with Crippen molar-refractivity contribution >= 4 is 11.9 Å². The fraction of sp³-hybridized carbons (Fsp3) is 0.357. The summed E-state index contributed by atoms with van der Waals surface area (Å²) < 4.78 is 13.3. The molecule has 0 aliphatic rings. The first-order chi connectivity index (χ1) is 10.9. The lowest BCUT2D eigenvalue weighted by Crippen LogP contribution is -2.42. The van der Waals surface area contributed by atoms with Crippen LogP contribution in [0.2, 0.25) is 0 Å². The van der Waals surface area contributed by atoms with Crippen molar-refractivity contribution < 1.29 is 14.0 Å². The van der Waals surface area contributed by atoms with Crippen molar-refractivity contribution in [3.63, 3.8) is 0 Å². The van der Waals surface area contributed by atoms with Gasteiger partial charge in [-0.05, 0) is 49.7 Å². The molecule has 1 atom stereocenters. The second kappa shape index (κ2) is 6.95. The number of carbonyl (C=O) groups is 2. The number of carbonyl (C=O) groups excluding carboxylic acids is 2.